The second-order valence-corrected chi connectivity index (χ2v) is 3.43. The molecule has 0 aliphatic carbocycles. The summed E-state index contributed by atoms with van der Waals surface area (Å²) in [5.41, 5.74) is 0.213. The maximum atomic E-state index is 11.6. The third kappa shape index (κ3) is 4.70. The van der Waals surface area contributed by atoms with Crippen LogP contribution in [0.5, 0.6) is 11.5 Å². The number of rotatable bonds is 7. The number of carbonyl (C=O) groups excluding carboxylic acids is 1. The Balaban J connectivity index is 2.43. The predicted octanol–water partition coefficient (Wildman–Crippen LogP) is 1.16. The first kappa shape index (κ1) is 14.6. The van der Waals surface area contributed by atoms with Crippen molar-refractivity contribution in [2.24, 2.45) is 0 Å². The number of aromatic hydroxyl groups is 1. The van der Waals surface area contributed by atoms with Crippen molar-refractivity contribution in [1.82, 2.24) is 0 Å². The Bertz CT molecular complexity index is 460. The van der Waals surface area contributed by atoms with Gasteiger partial charge in [-0.2, -0.15) is 0 Å². The van der Waals surface area contributed by atoms with Crippen LogP contribution in [0.4, 0.5) is 0 Å². The molecule has 1 aromatic carbocycles. The number of hydrogen-bond acceptors (Lipinski definition) is 7. The van der Waals surface area contributed by atoms with E-state index in [1.54, 1.807) is 0 Å². The molecule has 0 aliphatic rings. The van der Waals surface area contributed by atoms with Crippen LogP contribution >= 0.6 is 0 Å². The van der Waals surface area contributed by atoms with Crippen LogP contribution < -0.4 is 4.74 Å². The summed E-state index contributed by atoms with van der Waals surface area (Å²) in [6.45, 7) is -0.144. The summed E-state index contributed by atoms with van der Waals surface area (Å²) in [6, 6.07) is 4.03. The molecule has 0 atom stereocenters. The zero-order chi connectivity index (χ0) is 14.3. The largest absolute Gasteiger partial charge is 0.504 e. The highest BCUT2D eigenvalue weighted by Crippen LogP contribution is 2.26. The van der Waals surface area contributed by atoms with Gasteiger partial charge in [0.05, 0.1) is 25.9 Å². The number of methoxy groups -OCH3 is 1. The van der Waals surface area contributed by atoms with Crippen molar-refractivity contribution in [3.63, 3.8) is 0 Å². The molecule has 0 aliphatic heterocycles. The highest BCUT2D eigenvalue weighted by atomic mass is 16.9. The van der Waals surface area contributed by atoms with E-state index in [2.05, 4.69) is 4.84 Å². The molecule has 0 fully saturated rings. The van der Waals surface area contributed by atoms with Gasteiger partial charge in [-0.05, 0) is 18.2 Å². The topological polar surface area (TPSA) is 108 Å². The molecule has 1 aromatic rings. The van der Waals surface area contributed by atoms with Crippen molar-refractivity contribution < 1.29 is 29.3 Å². The molecule has 0 heterocycles. The van der Waals surface area contributed by atoms with Crippen LogP contribution in [-0.2, 0) is 9.57 Å². The molecule has 19 heavy (non-hydrogen) atoms. The molecule has 1 N–H and O–H groups in total. The molecule has 0 bridgehead atoms. The predicted molar refractivity (Wildman–Crippen MR) is 62.5 cm³/mol. The van der Waals surface area contributed by atoms with E-state index < -0.39 is 11.1 Å². The molecule has 0 saturated carbocycles. The Labute approximate surface area is 108 Å². The van der Waals surface area contributed by atoms with E-state index in [9.17, 15) is 20.0 Å². The Morgan fingerprint density at radius 2 is 2.16 bits per heavy atom. The summed E-state index contributed by atoms with van der Waals surface area (Å²) in [4.78, 5) is 25.5. The van der Waals surface area contributed by atoms with Gasteiger partial charge in [-0.15, -0.1) is 10.1 Å². The molecular weight excluding hydrogens is 258 g/mol. The summed E-state index contributed by atoms with van der Waals surface area (Å²) in [6.07, 6.45) is 0.210. The van der Waals surface area contributed by atoms with Crippen LogP contribution in [0, 0.1) is 10.1 Å². The molecule has 0 unspecified atom stereocenters. The Morgan fingerprint density at radius 1 is 1.42 bits per heavy atom. The molecule has 1 rings (SSSR count). The van der Waals surface area contributed by atoms with Crippen LogP contribution in [0.25, 0.3) is 0 Å². The fourth-order valence-electron chi connectivity index (χ4n) is 1.25. The van der Waals surface area contributed by atoms with E-state index in [0.717, 1.165) is 0 Å². The molecule has 104 valence electrons. The zero-order valence-electron chi connectivity index (χ0n) is 10.2. The van der Waals surface area contributed by atoms with Crippen LogP contribution in [0.15, 0.2) is 18.2 Å². The number of phenols is 1. The summed E-state index contributed by atoms with van der Waals surface area (Å²) in [7, 11) is 1.36. The van der Waals surface area contributed by atoms with Gasteiger partial charge in [0.1, 0.15) is 0 Å². The van der Waals surface area contributed by atoms with Crippen LogP contribution in [0.3, 0.4) is 0 Å². The lowest BCUT2D eigenvalue weighted by molar-refractivity contribution is -0.757. The van der Waals surface area contributed by atoms with Crippen LogP contribution in [-0.4, -0.2) is 36.5 Å². The second-order valence-electron chi connectivity index (χ2n) is 3.43. The van der Waals surface area contributed by atoms with E-state index >= 15 is 0 Å². The standard InChI is InChI=1S/C11H13NO7/c1-17-10-7-8(3-4-9(10)13)11(14)18-5-2-6-19-12(15)16/h3-4,7,13H,2,5-6H2,1H3. The third-order valence-corrected chi connectivity index (χ3v) is 2.13. The van der Waals surface area contributed by atoms with Crippen molar-refractivity contribution in [3.8, 4) is 11.5 Å². The molecule has 0 amide bonds. The van der Waals surface area contributed by atoms with Gasteiger partial charge in [-0.1, -0.05) is 0 Å². The van der Waals surface area contributed by atoms with Crippen molar-refractivity contribution in [3.05, 3.63) is 33.9 Å². The number of phenolic OH excluding ortho intramolecular Hbond substituents is 1. The summed E-state index contributed by atoms with van der Waals surface area (Å²) >= 11 is 0. The highest BCUT2D eigenvalue weighted by molar-refractivity contribution is 5.90. The number of carbonyl (C=O) groups is 1. The van der Waals surface area contributed by atoms with Gasteiger partial charge in [-0.25, -0.2) is 4.79 Å². The summed E-state index contributed by atoms with van der Waals surface area (Å²) < 4.78 is 9.72. The average Bonchev–Trinajstić information content (AvgIpc) is 2.38. The van der Waals surface area contributed by atoms with Crippen molar-refractivity contribution in [1.29, 1.82) is 0 Å². The number of ether oxygens (including phenoxy) is 2. The molecule has 0 aromatic heterocycles. The van der Waals surface area contributed by atoms with E-state index in [-0.39, 0.29) is 36.7 Å². The minimum Gasteiger partial charge on any atom is -0.504 e. The quantitative estimate of drug-likeness (QED) is 0.343. The van der Waals surface area contributed by atoms with Gasteiger partial charge in [-0.3, -0.25) is 0 Å². The average molecular weight is 271 g/mol. The fraction of sp³-hybridized carbons (Fsp3) is 0.364. The maximum absolute atomic E-state index is 11.6. The summed E-state index contributed by atoms with van der Waals surface area (Å²) in [5, 5.41) is 18.3. The monoisotopic (exact) mass is 271 g/mol. The Kier molecular flexibility index (Phi) is 5.39. The number of nitrogens with zero attached hydrogens (tertiary/aromatic N) is 1. The normalized spacial score (nSPS) is 9.74. The highest BCUT2D eigenvalue weighted by Gasteiger charge is 2.10. The smallest absolute Gasteiger partial charge is 0.338 e. The van der Waals surface area contributed by atoms with E-state index in [1.807, 2.05) is 0 Å². The Morgan fingerprint density at radius 3 is 2.79 bits per heavy atom. The van der Waals surface area contributed by atoms with Crippen LogP contribution in [0.1, 0.15) is 16.8 Å². The van der Waals surface area contributed by atoms with Gasteiger partial charge in [0.15, 0.2) is 11.5 Å². The number of hydrogen-bond donors (Lipinski definition) is 1. The lowest BCUT2D eigenvalue weighted by atomic mass is 10.2. The lowest BCUT2D eigenvalue weighted by Crippen LogP contribution is -2.10. The first-order valence-corrected chi connectivity index (χ1v) is 5.36. The van der Waals surface area contributed by atoms with Gasteiger partial charge >= 0.3 is 5.97 Å². The van der Waals surface area contributed by atoms with Crippen molar-refractivity contribution in [2.75, 3.05) is 20.3 Å². The lowest BCUT2D eigenvalue weighted by Gasteiger charge is -2.07. The molecule has 0 saturated heterocycles. The second kappa shape index (κ2) is 7.04. The van der Waals surface area contributed by atoms with E-state index in [4.69, 9.17) is 9.47 Å². The molecule has 8 heteroatoms. The van der Waals surface area contributed by atoms with Gasteiger partial charge < -0.3 is 19.4 Å². The zero-order valence-corrected chi connectivity index (χ0v) is 10.2. The SMILES string of the molecule is COc1cc(C(=O)OCCCO[N+](=O)[O-])ccc1O. The van der Waals surface area contributed by atoms with E-state index in [1.165, 1.54) is 25.3 Å². The van der Waals surface area contributed by atoms with E-state index in [0.29, 0.717) is 0 Å². The molecular formula is C11H13NO7. The van der Waals surface area contributed by atoms with Gasteiger partial charge in [0.25, 0.3) is 5.09 Å². The first-order valence-electron chi connectivity index (χ1n) is 5.36. The molecule has 8 nitrogen and oxygen atoms in total. The minimum absolute atomic E-state index is 0.00410. The molecule has 0 spiro atoms. The first-order chi connectivity index (χ1) is 9.04. The Hall–Kier alpha value is -2.51. The number of esters is 1. The molecule has 0 radical (unpaired) electrons. The van der Waals surface area contributed by atoms with Crippen LogP contribution in [0.2, 0.25) is 0 Å². The maximum Gasteiger partial charge on any atom is 0.338 e. The number of benzene rings is 1. The third-order valence-electron chi connectivity index (χ3n) is 2.13. The van der Waals surface area contributed by atoms with Gasteiger partial charge in [0, 0.05) is 6.42 Å². The fourth-order valence-corrected chi connectivity index (χ4v) is 1.25. The minimum atomic E-state index is -0.910. The van der Waals surface area contributed by atoms with Crippen molar-refractivity contribution in [2.45, 2.75) is 6.42 Å². The van der Waals surface area contributed by atoms with Crippen molar-refractivity contribution >= 4 is 5.97 Å². The summed E-state index contributed by atoms with van der Waals surface area (Å²) in [5.74, 6) is -0.538. The van der Waals surface area contributed by atoms with Gasteiger partial charge in [0.2, 0.25) is 0 Å².